The molecular formula is C21H25F3N4O2S. The van der Waals surface area contributed by atoms with Crippen molar-refractivity contribution in [3.63, 3.8) is 0 Å². The van der Waals surface area contributed by atoms with Gasteiger partial charge in [-0.1, -0.05) is 0 Å². The first-order valence-corrected chi connectivity index (χ1v) is 10.6. The number of anilines is 2. The Hall–Kier alpha value is -2.46. The minimum Gasteiger partial charge on any atom is -0.450 e. The number of aromatic nitrogens is 1. The molecule has 31 heavy (non-hydrogen) atoms. The predicted octanol–water partition coefficient (Wildman–Crippen LogP) is 5.32. The summed E-state index contributed by atoms with van der Waals surface area (Å²) in [6, 6.07) is 8.27. The van der Waals surface area contributed by atoms with Crippen LogP contribution in [-0.4, -0.2) is 46.8 Å². The van der Waals surface area contributed by atoms with Gasteiger partial charge in [-0.3, -0.25) is 15.2 Å². The number of halogens is 3. The topological polar surface area (TPSA) is 57.7 Å². The fourth-order valence-electron chi connectivity index (χ4n) is 3.47. The molecule has 1 aromatic carbocycles. The molecule has 2 aromatic rings. The number of ether oxygens (including phenoxy) is 1. The summed E-state index contributed by atoms with van der Waals surface area (Å²) in [6.45, 7) is 8.11. The maximum absolute atomic E-state index is 12.6. The molecule has 1 saturated heterocycles. The molecule has 1 fully saturated rings. The van der Waals surface area contributed by atoms with Crippen LogP contribution < -0.4 is 10.2 Å². The summed E-state index contributed by atoms with van der Waals surface area (Å²) in [6.07, 6.45) is 2.73. The molecule has 1 aliphatic rings. The first kappa shape index (κ1) is 23.2. The van der Waals surface area contributed by atoms with Gasteiger partial charge >= 0.3 is 11.6 Å². The fraction of sp³-hybridized carbons (Fsp3) is 0.429. The van der Waals surface area contributed by atoms with Gasteiger partial charge in [-0.15, -0.1) is 0 Å². The molecule has 0 bridgehead atoms. The number of carbonyl (C=O) groups is 1. The summed E-state index contributed by atoms with van der Waals surface area (Å²) in [4.78, 5) is 20.4. The number of hydrogen-bond acceptors (Lipinski definition) is 6. The third-order valence-corrected chi connectivity index (χ3v) is 5.73. The number of nitrogens with one attached hydrogen (secondary N) is 1. The van der Waals surface area contributed by atoms with Crippen molar-refractivity contribution < 1.29 is 22.7 Å². The Labute approximate surface area is 183 Å². The third kappa shape index (κ3) is 6.27. The van der Waals surface area contributed by atoms with E-state index in [1.807, 2.05) is 6.07 Å². The molecule has 0 radical (unpaired) electrons. The van der Waals surface area contributed by atoms with Crippen molar-refractivity contribution in [2.24, 2.45) is 0 Å². The van der Waals surface area contributed by atoms with Crippen molar-refractivity contribution in [3.05, 3.63) is 48.3 Å². The van der Waals surface area contributed by atoms with Crippen molar-refractivity contribution in [1.82, 2.24) is 9.88 Å². The average Bonchev–Trinajstić information content (AvgIpc) is 2.97. The van der Waals surface area contributed by atoms with Gasteiger partial charge in [-0.05, 0) is 68.4 Å². The molecule has 0 spiro atoms. The van der Waals surface area contributed by atoms with Crippen LogP contribution in [0.4, 0.5) is 29.3 Å². The van der Waals surface area contributed by atoms with Crippen LogP contribution in [0.1, 0.15) is 26.3 Å². The summed E-state index contributed by atoms with van der Waals surface area (Å²) in [5.41, 5.74) is -2.14. The lowest BCUT2D eigenvalue weighted by molar-refractivity contribution is -0.0328. The lowest BCUT2D eigenvalue weighted by Gasteiger charge is -2.30. The number of thioether (sulfide) groups is 1. The van der Waals surface area contributed by atoms with Crippen LogP contribution in [0.25, 0.3) is 0 Å². The molecule has 3 rings (SSSR count). The second kappa shape index (κ2) is 9.35. The number of benzene rings is 1. The third-order valence-electron chi connectivity index (χ3n) is 5.00. The van der Waals surface area contributed by atoms with Crippen molar-refractivity contribution in [2.75, 3.05) is 30.0 Å². The molecule has 1 N–H and O–H groups in total. The molecule has 168 valence electrons. The zero-order valence-corrected chi connectivity index (χ0v) is 18.4. The second-order valence-corrected chi connectivity index (χ2v) is 8.91. The highest BCUT2D eigenvalue weighted by molar-refractivity contribution is 8.00. The highest BCUT2D eigenvalue weighted by Crippen LogP contribution is 2.38. The van der Waals surface area contributed by atoms with Gasteiger partial charge in [0.25, 0.3) is 0 Å². The fourth-order valence-corrected chi connectivity index (χ4v) is 4.01. The van der Waals surface area contributed by atoms with E-state index in [9.17, 15) is 18.0 Å². The SMILES string of the molecule is CCOC(=O)Nc1cnccc1CN1CN(c2ccc(SC(F)(F)F)cc2)CC1(C)C. The molecule has 2 heterocycles. The van der Waals surface area contributed by atoms with E-state index in [1.165, 1.54) is 12.1 Å². The van der Waals surface area contributed by atoms with Gasteiger partial charge in [0.2, 0.25) is 0 Å². The summed E-state index contributed by atoms with van der Waals surface area (Å²) in [5, 5.41) is 2.72. The van der Waals surface area contributed by atoms with Crippen molar-refractivity contribution in [2.45, 2.75) is 43.3 Å². The van der Waals surface area contributed by atoms with E-state index in [4.69, 9.17) is 4.74 Å². The lowest BCUT2D eigenvalue weighted by atomic mass is 10.0. The first-order chi connectivity index (χ1) is 14.6. The number of alkyl halides is 3. The van der Waals surface area contributed by atoms with Crippen LogP contribution in [0, 0.1) is 0 Å². The summed E-state index contributed by atoms with van der Waals surface area (Å²) in [7, 11) is 0. The average molecular weight is 455 g/mol. The summed E-state index contributed by atoms with van der Waals surface area (Å²) >= 11 is -0.116. The van der Waals surface area contributed by atoms with E-state index in [1.54, 1.807) is 31.5 Å². The Morgan fingerprint density at radius 3 is 2.61 bits per heavy atom. The minimum absolute atomic E-state index is 0.116. The normalized spacial score (nSPS) is 16.4. The van der Waals surface area contributed by atoms with Gasteiger partial charge in [-0.25, -0.2) is 4.79 Å². The van der Waals surface area contributed by atoms with E-state index < -0.39 is 11.6 Å². The van der Waals surface area contributed by atoms with Gasteiger partial charge in [0.15, 0.2) is 0 Å². The Balaban J connectivity index is 1.71. The van der Waals surface area contributed by atoms with Gasteiger partial charge in [0, 0.05) is 35.4 Å². The molecule has 1 aromatic heterocycles. The number of pyridine rings is 1. The molecule has 1 aliphatic heterocycles. The zero-order valence-electron chi connectivity index (χ0n) is 17.6. The van der Waals surface area contributed by atoms with Crippen molar-refractivity contribution in [3.8, 4) is 0 Å². The van der Waals surface area contributed by atoms with Crippen LogP contribution in [0.2, 0.25) is 0 Å². The maximum Gasteiger partial charge on any atom is 0.446 e. The van der Waals surface area contributed by atoms with Gasteiger partial charge in [0.1, 0.15) is 0 Å². The number of amides is 1. The van der Waals surface area contributed by atoms with Crippen LogP contribution in [-0.2, 0) is 11.3 Å². The Kier molecular flexibility index (Phi) is 7.00. The maximum atomic E-state index is 12.6. The molecular weight excluding hydrogens is 429 g/mol. The smallest absolute Gasteiger partial charge is 0.446 e. The molecule has 0 aliphatic carbocycles. The van der Waals surface area contributed by atoms with Crippen molar-refractivity contribution >= 4 is 29.2 Å². The van der Waals surface area contributed by atoms with Crippen LogP contribution in [0.15, 0.2) is 47.6 Å². The monoisotopic (exact) mass is 454 g/mol. The van der Waals surface area contributed by atoms with Gasteiger partial charge < -0.3 is 9.64 Å². The highest BCUT2D eigenvalue weighted by Gasteiger charge is 2.37. The lowest BCUT2D eigenvalue weighted by Crippen LogP contribution is -2.39. The highest BCUT2D eigenvalue weighted by atomic mass is 32.2. The summed E-state index contributed by atoms with van der Waals surface area (Å²) < 4.78 is 42.6. The molecule has 0 atom stereocenters. The number of nitrogens with zero attached hydrogens (tertiary/aromatic N) is 3. The molecule has 6 nitrogen and oxygen atoms in total. The minimum atomic E-state index is -4.30. The predicted molar refractivity (Wildman–Crippen MR) is 115 cm³/mol. The van der Waals surface area contributed by atoms with E-state index in [0.717, 1.165) is 11.3 Å². The van der Waals surface area contributed by atoms with Crippen LogP contribution in [0.3, 0.4) is 0 Å². The summed E-state index contributed by atoms with van der Waals surface area (Å²) in [5.74, 6) is 0. The molecule has 10 heteroatoms. The Morgan fingerprint density at radius 2 is 1.97 bits per heavy atom. The van der Waals surface area contributed by atoms with Crippen LogP contribution >= 0.6 is 11.8 Å². The first-order valence-electron chi connectivity index (χ1n) is 9.80. The quantitative estimate of drug-likeness (QED) is 0.596. The number of rotatable bonds is 6. The number of carbonyl (C=O) groups excluding carboxylic acids is 1. The Bertz CT molecular complexity index is 906. The van der Waals surface area contributed by atoms with E-state index in [0.29, 0.717) is 25.4 Å². The molecule has 0 unspecified atom stereocenters. The Morgan fingerprint density at radius 1 is 1.26 bits per heavy atom. The van der Waals surface area contributed by atoms with Crippen molar-refractivity contribution in [1.29, 1.82) is 0 Å². The van der Waals surface area contributed by atoms with Crippen LogP contribution in [0.5, 0.6) is 0 Å². The molecule has 1 amide bonds. The van der Waals surface area contributed by atoms with E-state index in [-0.39, 0.29) is 28.8 Å². The zero-order chi connectivity index (χ0) is 22.6. The number of hydrogen-bond donors (Lipinski definition) is 1. The second-order valence-electron chi connectivity index (χ2n) is 7.77. The standard InChI is InChI=1S/C21H25F3N4O2S/c1-4-30-19(29)26-18-11-25-10-9-15(18)12-28-14-27(13-20(28,2)3)16-5-7-17(8-6-16)31-21(22,23)24/h5-11H,4,12-14H2,1-3H3,(H,26,29). The van der Waals surface area contributed by atoms with Gasteiger partial charge in [-0.2, -0.15) is 13.2 Å². The molecule has 0 saturated carbocycles. The van der Waals surface area contributed by atoms with E-state index >= 15 is 0 Å². The largest absolute Gasteiger partial charge is 0.450 e. The van der Waals surface area contributed by atoms with Gasteiger partial charge in [0.05, 0.1) is 25.2 Å². The van der Waals surface area contributed by atoms with E-state index in [2.05, 4.69) is 33.9 Å².